The van der Waals surface area contributed by atoms with E-state index in [9.17, 15) is 4.79 Å². The number of carbonyl (C=O) groups is 1. The fourth-order valence-electron chi connectivity index (χ4n) is 3.62. The Bertz CT molecular complexity index is 331. The van der Waals surface area contributed by atoms with E-state index in [1.165, 1.54) is 32.4 Å². The van der Waals surface area contributed by atoms with Gasteiger partial charge in [0, 0.05) is 25.2 Å². The highest BCUT2D eigenvalue weighted by Crippen LogP contribution is 2.23. The van der Waals surface area contributed by atoms with Crippen molar-refractivity contribution in [3.05, 3.63) is 0 Å². The van der Waals surface area contributed by atoms with Gasteiger partial charge in [-0.1, -0.05) is 0 Å². The summed E-state index contributed by atoms with van der Waals surface area (Å²) in [6.45, 7) is 5.23. The molecule has 3 atom stereocenters. The van der Waals surface area contributed by atoms with Gasteiger partial charge in [-0.2, -0.15) is 0 Å². The van der Waals surface area contributed by atoms with Crippen molar-refractivity contribution < 1.29 is 9.53 Å². The minimum atomic E-state index is -0.114. The molecular weight excluding hydrogens is 242 g/mol. The number of nitrogens with two attached hydrogens (primary N) is 1. The summed E-state index contributed by atoms with van der Waals surface area (Å²) in [5.41, 5.74) is 5.96. The van der Waals surface area contributed by atoms with Gasteiger partial charge in [0.15, 0.2) is 0 Å². The van der Waals surface area contributed by atoms with Crippen LogP contribution < -0.4 is 5.73 Å². The molecule has 2 N–H and O–H groups in total. The number of hydrogen-bond acceptors (Lipinski definition) is 4. The predicted octanol–water partition coefficient (Wildman–Crippen LogP) is 0.0469. The van der Waals surface area contributed by atoms with Crippen LogP contribution in [0.25, 0.3) is 0 Å². The van der Waals surface area contributed by atoms with Crippen molar-refractivity contribution in [2.45, 2.75) is 37.8 Å². The third-order valence-electron chi connectivity index (χ3n) is 4.81. The zero-order valence-electron chi connectivity index (χ0n) is 11.6. The summed E-state index contributed by atoms with van der Waals surface area (Å²) in [7, 11) is 0. The van der Waals surface area contributed by atoms with E-state index in [2.05, 4.69) is 4.90 Å². The number of amides is 1. The molecule has 0 radical (unpaired) electrons. The minimum Gasteiger partial charge on any atom is -0.379 e. The maximum Gasteiger partial charge on any atom is 0.229 e. The van der Waals surface area contributed by atoms with E-state index in [4.69, 9.17) is 10.5 Å². The lowest BCUT2D eigenvalue weighted by molar-refractivity contribution is -0.137. The van der Waals surface area contributed by atoms with Crippen molar-refractivity contribution in [1.82, 2.24) is 9.80 Å². The van der Waals surface area contributed by atoms with Crippen LogP contribution in [0.1, 0.15) is 25.7 Å². The van der Waals surface area contributed by atoms with Crippen LogP contribution in [-0.4, -0.2) is 67.2 Å². The van der Waals surface area contributed by atoms with Gasteiger partial charge in [0.05, 0.1) is 19.1 Å². The number of ether oxygens (including phenoxy) is 1. The fourth-order valence-corrected chi connectivity index (χ4v) is 3.62. The summed E-state index contributed by atoms with van der Waals surface area (Å²) in [6, 6.07) is 0.457. The average molecular weight is 267 g/mol. The molecule has 19 heavy (non-hydrogen) atoms. The Morgan fingerprint density at radius 1 is 1.11 bits per heavy atom. The van der Waals surface area contributed by atoms with E-state index in [0.717, 1.165) is 19.5 Å². The minimum absolute atomic E-state index is 0.111. The van der Waals surface area contributed by atoms with E-state index >= 15 is 0 Å². The molecule has 1 amide bonds. The molecule has 3 aliphatic heterocycles. The molecule has 3 fully saturated rings. The third kappa shape index (κ3) is 2.78. The lowest BCUT2D eigenvalue weighted by Crippen LogP contribution is -2.52. The van der Waals surface area contributed by atoms with Gasteiger partial charge in [0.2, 0.25) is 5.91 Å². The molecule has 3 aliphatic rings. The summed E-state index contributed by atoms with van der Waals surface area (Å²) in [6.07, 6.45) is 4.98. The van der Waals surface area contributed by atoms with Crippen LogP contribution in [-0.2, 0) is 9.53 Å². The van der Waals surface area contributed by atoms with Crippen molar-refractivity contribution in [3.8, 4) is 0 Å². The molecule has 3 unspecified atom stereocenters. The predicted molar refractivity (Wildman–Crippen MR) is 72.7 cm³/mol. The monoisotopic (exact) mass is 267 g/mol. The Labute approximate surface area is 115 Å². The summed E-state index contributed by atoms with van der Waals surface area (Å²) >= 11 is 0. The normalized spacial score (nSPS) is 36.9. The molecule has 0 aromatic rings. The Morgan fingerprint density at radius 3 is 2.58 bits per heavy atom. The Kier molecular flexibility index (Phi) is 4.05. The number of carbonyl (C=O) groups excluding carboxylic acids is 1. The highest BCUT2D eigenvalue weighted by Gasteiger charge is 2.37. The highest BCUT2D eigenvalue weighted by atomic mass is 16.5. The molecule has 0 saturated carbocycles. The van der Waals surface area contributed by atoms with Crippen molar-refractivity contribution in [1.29, 1.82) is 0 Å². The molecule has 0 bridgehead atoms. The van der Waals surface area contributed by atoms with Crippen LogP contribution in [0.15, 0.2) is 0 Å². The topological polar surface area (TPSA) is 58.8 Å². The molecule has 0 aromatic heterocycles. The molecule has 0 spiro atoms. The van der Waals surface area contributed by atoms with Crippen LogP contribution in [0.2, 0.25) is 0 Å². The lowest BCUT2D eigenvalue weighted by atomic mass is 9.99. The zero-order valence-corrected chi connectivity index (χ0v) is 11.6. The first-order valence-electron chi connectivity index (χ1n) is 7.62. The third-order valence-corrected chi connectivity index (χ3v) is 4.81. The van der Waals surface area contributed by atoms with Crippen LogP contribution in [0.4, 0.5) is 0 Å². The number of hydrogen-bond donors (Lipinski definition) is 1. The first-order valence-corrected chi connectivity index (χ1v) is 7.62. The van der Waals surface area contributed by atoms with E-state index in [1.807, 2.05) is 4.90 Å². The molecule has 3 heterocycles. The van der Waals surface area contributed by atoms with Crippen LogP contribution >= 0.6 is 0 Å². The second kappa shape index (κ2) is 5.77. The maximum absolute atomic E-state index is 12.5. The van der Waals surface area contributed by atoms with E-state index < -0.39 is 0 Å². The average Bonchev–Trinajstić information content (AvgIpc) is 3.09. The largest absolute Gasteiger partial charge is 0.379 e. The number of nitrogens with zero attached hydrogens (tertiary/aromatic N) is 2. The second-order valence-electron chi connectivity index (χ2n) is 6.13. The molecule has 5 nitrogen and oxygen atoms in total. The van der Waals surface area contributed by atoms with E-state index in [1.54, 1.807) is 0 Å². The van der Waals surface area contributed by atoms with Crippen molar-refractivity contribution in [3.63, 3.8) is 0 Å². The zero-order chi connectivity index (χ0) is 13.2. The number of piperidine rings is 1. The molecule has 3 saturated heterocycles. The van der Waals surface area contributed by atoms with Gasteiger partial charge in [-0.25, -0.2) is 0 Å². The number of likely N-dealkylation sites (tertiary alicyclic amines) is 2. The highest BCUT2D eigenvalue weighted by molar-refractivity contribution is 5.80. The molecule has 108 valence electrons. The Hall–Kier alpha value is -0.650. The first-order chi connectivity index (χ1) is 9.25. The van der Waals surface area contributed by atoms with Crippen LogP contribution in [0.5, 0.6) is 0 Å². The summed E-state index contributed by atoms with van der Waals surface area (Å²) < 4.78 is 5.33. The van der Waals surface area contributed by atoms with Gasteiger partial charge in [-0.15, -0.1) is 0 Å². The molecule has 5 heteroatoms. The van der Waals surface area contributed by atoms with Gasteiger partial charge in [0.1, 0.15) is 0 Å². The second-order valence-corrected chi connectivity index (χ2v) is 6.13. The maximum atomic E-state index is 12.5. The molecule has 0 aliphatic carbocycles. The summed E-state index contributed by atoms with van der Waals surface area (Å²) in [5, 5.41) is 0. The first kappa shape index (κ1) is 13.3. The molecular formula is C14H25N3O2. The Morgan fingerprint density at radius 2 is 1.89 bits per heavy atom. The number of rotatable bonds is 2. The summed E-state index contributed by atoms with van der Waals surface area (Å²) in [4.78, 5) is 17.1. The quantitative estimate of drug-likeness (QED) is 0.768. The molecule has 3 rings (SSSR count). The van der Waals surface area contributed by atoms with Gasteiger partial charge < -0.3 is 15.4 Å². The smallest absolute Gasteiger partial charge is 0.229 e. The standard InChI is InChI=1S/C14H25N3O2/c15-13-10-19-9-12(13)14(18)17-7-3-4-11(8-17)16-5-1-2-6-16/h11-13H,1-10,15H2. The van der Waals surface area contributed by atoms with E-state index in [0.29, 0.717) is 19.3 Å². The molecule has 0 aromatic carbocycles. The van der Waals surface area contributed by atoms with Crippen molar-refractivity contribution >= 4 is 5.91 Å². The van der Waals surface area contributed by atoms with Crippen molar-refractivity contribution in [2.75, 3.05) is 39.4 Å². The van der Waals surface area contributed by atoms with Gasteiger partial charge in [-0.3, -0.25) is 9.69 Å². The van der Waals surface area contributed by atoms with Crippen LogP contribution in [0.3, 0.4) is 0 Å². The van der Waals surface area contributed by atoms with Crippen molar-refractivity contribution in [2.24, 2.45) is 11.7 Å². The summed E-state index contributed by atoms with van der Waals surface area (Å²) in [5.74, 6) is 0.103. The Balaban J connectivity index is 1.59. The van der Waals surface area contributed by atoms with Gasteiger partial charge in [0.25, 0.3) is 0 Å². The SMILES string of the molecule is NC1COCC1C(=O)N1CCCC(N2CCCC2)C1. The fraction of sp³-hybridized carbons (Fsp3) is 0.929. The lowest BCUT2D eigenvalue weighted by Gasteiger charge is -2.38. The van der Waals surface area contributed by atoms with Gasteiger partial charge >= 0.3 is 0 Å². The van der Waals surface area contributed by atoms with Crippen LogP contribution in [0, 0.1) is 5.92 Å². The van der Waals surface area contributed by atoms with Gasteiger partial charge in [-0.05, 0) is 38.8 Å². The van der Waals surface area contributed by atoms with E-state index in [-0.39, 0.29) is 17.9 Å².